The van der Waals surface area contributed by atoms with Crippen molar-refractivity contribution in [1.82, 2.24) is 15.1 Å². The third-order valence-electron chi connectivity index (χ3n) is 5.48. The highest BCUT2D eigenvalue weighted by atomic mass is 32.2. The van der Waals surface area contributed by atoms with E-state index < -0.39 is 10.0 Å². The van der Waals surface area contributed by atoms with Gasteiger partial charge in [-0.2, -0.15) is 5.10 Å². The van der Waals surface area contributed by atoms with Crippen molar-refractivity contribution in [2.24, 2.45) is 11.1 Å². The molecule has 0 spiro atoms. The number of benzene rings is 2. The maximum Gasteiger partial charge on any atom is 0.238 e. The summed E-state index contributed by atoms with van der Waals surface area (Å²) in [6.07, 6.45) is 3.99. The Hall–Kier alpha value is -3.04. The number of sulfonamides is 1. The van der Waals surface area contributed by atoms with Crippen LogP contribution in [0.4, 0.5) is 4.39 Å². The van der Waals surface area contributed by atoms with Crippen LogP contribution in [-0.4, -0.2) is 24.1 Å². The predicted molar refractivity (Wildman–Crippen MR) is 114 cm³/mol. The monoisotopic (exact) mass is 442 g/mol. The molecule has 0 atom stereocenters. The SMILES string of the molecule is NS(=O)(=O)c1ccc(-n2nc(CNC(=O)C3CCCC3)cc2-c2ccc(F)cc2)cc1. The molecule has 1 aliphatic carbocycles. The molecule has 1 aromatic heterocycles. The third-order valence-corrected chi connectivity index (χ3v) is 6.41. The van der Waals surface area contributed by atoms with E-state index in [1.54, 1.807) is 28.9 Å². The first kappa shape index (κ1) is 21.2. The lowest BCUT2D eigenvalue weighted by Gasteiger charge is -2.09. The van der Waals surface area contributed by atoms with Crippen LogP contribution in [0.5, 0.6) is 0 Å². The second kappa shape index (κ2) is 8.60. The Balaban J connectivity index is 1.65. The summed E-state index contributed by atoms with van der Waals surface area (Å²) in [7, 11) is -3.81. The Bertz CT molecular complexity index is 1180. The quantitative estimate of drug-likeness (QED) is 0.611. The van der Waals surface area contributed by atoms with E-state index in [9.17, 15) is 17.6 Å². The predicted octanol–water partition coefficient (Wildman–Crippen LogP) is 3.13. The number of nitrogens with two attached hydrogens (primary N) is 1. The number of nitrogens with one attached hydrogen (secondary N) is 1. The Morgan fingerprint density at radius 2 is 1.74 bits per heavy atom. The summed E-state index contributed by atoms with van der Waals surface area (Å²) < 4.78 is 38.1. The molecule has 3 aromatic rings. The molecule has 9 heteroatoms. The van der Waals surface area contributed by atoms with Crippen molar-refractivity contribution in [3.05, 3.63) is 66.1 Å². The maximum absolute atomic E-state index is 13.4. The lowest BCUT2D eigenvalue weighted by molar-refractivity contribution is -0.124. The zero-order valence-electron chi connectivity index (χ0n) is 16.8. The van der Waals surface area contributed by atoms with E-state index in [4.69, 9.17) is 5.14 Å². The molecule has 3 N–H and O–H groups in total. The second-order valence-electron chi connectivity index (χ2n) is 7.68. The minimum Gasteiger partial charge on any atom is -0.350 e. The summed E-state index contributed by atoms with van der Waals surface area (Å²) in [4.78, 5) is 12.4. The molecule has 4 rings (SSSR count). The van der Waals surface area contributed by atoms with Crippen LogP contribution in [0, 0.1) is 11.7 Å². The van der Waals surface area contributed by atoms with E-state index >= 15 is 0 Å². The van der Waals surface area contributed by atoms with E-state index in [-0.39, 0.29) is 29.1 Å². The van der Waals surface area contributed by atoms with Gasteiger partial charge in [-0.05, 0) is 67.4 Å². The first-order valence-corrected chi connectivity index (χ1v) is 11.6. The molecule has 1 heterocycles. The Morgan fingerprint density at radius 3 is 2.35 bits per heavy atom. The zero-order valence-corrected chi connectivity index (χ0v) is 17.6. The van der Waals surface area contributed by atoms with Crippen molar-refractivity contribution in [2.75, 3.05) is 0 Å². The number of carbonyl (C=O) groups is 1. The molecule has 1 aliphatic rings. The first-order valence-electron chi connectivity index (χ1n) is 10.1. The van der Waals surface area contributed by atoms with Crippen molar-refractivity contribution >= 4 is 15.9 Å². The smallest absolute Gasteiger partial charge is 0.238 e. The van der Waals surface area contributed by atoms with Gasteiger partial charge >= 0.3 is 0 Å². The van der Waals surface area contributed by atoms with E-state index in [1.165, 1.54) is 24.3 Å². The molecule has 0 aliphatic heterocycles. The molecule has 162 valence electrons. The highest BCUT2D eigenvalue weighted by molar-refractivity contribution is 7.89. The minimum absolute atomic E-state index is 0.00390. The van der Waals surface area contributed by atoms with Crippen LogP contribution >= 0.6 is 0 Å². The number of nitrogens with zero attached hydrogens (tertiary/aromatic N) is 2. The second-order valence-corrected chi connectivity index (χ2v) is 9.24. The van der Waals surface area contributed by atoms with Gasteiger partial charge in [0.2, 0.25) is 15.9 Å². The Morgan fingerprint density at radius 1 is 1.10 bits per heavy atom. The summed E-state index contributed by atoms with van der Waals surface area (Å²) in [5.41, 5.74) is 2.67. The lowest BCUT2D eigenvalue weighted by atomic mass is 10.1. The van der Waals surface area contributed by atoms with Gasteiger partial charge in [-0.25, -0.2) is 22.6 Å². The molecule has 2 aromatic carbocycles. The lowest BCUT2D eigenvalue weighted by Crippen LogP contribution is -2.28. The van der Waals surface area contributed by atoms with Gasteiger partial charge in [0, 0.05) is 11.5 Å². The fraction of sp³-hybridized carbons (Fsp3) is 0.273. The van der Waals surface area contributed by atoms with Crippen LogP contribution in [0.3, 0.4) is 0 Å². The number of amides is 1. The standard InChI is InChI=1S/C22H23FN4O3S/c23-17-7-5-15(6-8-17)21-13-18(14-25-22(28)16-3-1-2-4-16)26-27(21)19-9-11-20(12-10-19)31(24,29)30/h5-13,16H,1-4,14H2,(H,25,28)(H2,24,29,30). The van der Waals surface area contributed by atoms with E-state index in [2.05, 4.69) is 10.4 Å². The van der Waals surface area contributed by atoms with Crippen molar-refractivity contribution < 1.29 is 17.6 Å². The molecule has 0 radical (unpaired) electrons. The molecule has 0 bridgehead atoms. The number of rotatable bonds is 6. The maximum atomic E-state index is 13.4. The highest BCUT2D eigenvalue weighted by Gasteiger charge is 2.22. The van der Waals surface area contributed by atoms with Gasteiger partial charge in [0.05, 0.1) is 28.5 Å². The zero-order chi connectivity index (χ0) is 22.0. The van der Waals surface area contributed by atoms with Gasteiger partial charge in [0.25, 0.3) is 0 Å². The van der Waals surface area contributed by atoms with Crippen molar-refractivity contribution in [2.45, 2.75) is 37.1 Å². The highest BCUT2D eigenvalue weighted by Crippen LogP contribution is 2.26. The van der Waals surface area contributed by atoms with E-state index in [0.717, 1.165) is 31.2 Å². The van der Waals surface area contributed by atoms with Gasteiger partial charge in [0.15, 0.2) is 0 Å². The number of hydrogen-bond donors (Lipinski definition) is 2. The summed E-state index contributed by atoms with van der Waals surface area (Å²) in [6, 6.07) is 13.8. The van der Waals surface area contributed by atoms with Gasteiger partial charge in [0.1, 0.15) is 5.82 Å². The molecule has 0 saturated heterocycles. The largest absolute Gasteiger partial charge is 0.350 e. The fourth-order valence-corrected chi connectivity index (χ4v) is 4.34. The first-order chi connectivity index (χ1) is 14.8. The Labute approximate surface area is 180 Å². The van der Waals surface area contributed by atoms with E-state index in [0.29, 0.717) is 17.1 Å². The summed E-state index contributed by atoms with van der Waals surface area (Å²) in [5, 5.41) is 12.7. The van der Waals surface area contributed by atoms with Crippen LogP contribution in [0.2, 0.25) is 0 Å². The van der Waals surface area contributed by atoms with Gasteiger partial charge in [-0.15, -0.1) is 0 Å². The van der Waals surface area contributed by atoms with Crippen LogP contribution in [0.1, 0.15) is 31.4 Å². The van der Waals surface area contributed by atoms with Crippen molar-refractivity contribution in [3.63, 3.8) is 0 Å². The van der Waals surface area contributed by atoms with E-state index in [1.807, 2.05) is 6.07 Å². The average Bonchev–Trinajstić information content (AvgIpc) is 3.42. The molecular formula is C22H23FN4O3S. The molecule has 0 unspecified atom stereocenters. The molecule has 1 fully saturated rings. The van der Waals surface area contributed by atoms with Crippen molar-refractivity contribution in [1.29, 1.82) is 0 Å². The van der Waals surface area contributed by atoms with Gasteiger partial charge < -0.3 is 5.32 Å². The summed E-state index contributed by atoms with van der Waals surface area (Å²) >= 11 is 0. The Kier molecular flexibility index (Phi) is 5.88. The van der Waals surface area contributed by atoms with Crippen LogP contribution in [0.25, 0.3) is 16.9 Å². The number of hydrogen-bond acceptors (Lipinski definition) is 4. The van der Waals surface area contributed by atoms with Crippen LogP contribution in [-0.2, 0) is 21.4 Å². The van der Waals surface area contributed by atoms with Crippen LogP contribution < -0.4 is 10.5 Å². The number of aromatic nitrogens is 2. The third kappa shape index (κ3) is 4.83. The molecule has 7 nitrogen and oxygen atoms in total. The van der Waals surface area contributed by atoms with Crippen LogP contribution in [0.15, 0.2) is 59.5 Å². The van der Waals surface area contributed by atoms with Gasteiger partial charge in [-0.3, -0.25) is 4.79 Å². The summed E-state index contributed by atoms with van der Waals surface area (Å²) in [6.45, 7) is 0.270. The topological polar surface area (TPSA) is 107 Å². The minimum atomic E-state index is -3.81. The molecule has 1 saturated carbocycles. The summed E-state index contributed by atoms with van der Waals surface area (Å²) in [5.74, 6) is -0.256. The average molecular weight is 443 g/mol. The molecule has 31 heavy (non-hydrogen) atoms. The van der Waals surface area contributed by atoms with Gasteiger partial charge in [-0.1, -0.05) is 12.8 Å². The number of primary sulfonamides is 1. The fourth-order valence-electron chi connectivity index (χ4n) is 3.83. The molecular weight excluding hydrogens is 419 g/mol. The van der Waals surface area contributed by atoms with Crippen molar-refractivity contribution in [3.8, 4) is 16.9 Å². The molecule has 1 amide bonds. The number of halogens is 1. The number of carbonyl (C=O) groups excluding carboxylic acids is 1. The normalized spacial score (nSPS) is 14.6.